The number of amides is 2. The van der Waals surface area contributed by atoms with Crippen molar-refractivity contribution < 1.29 is 33.0 Å². The van der Waals surface area contributed by atoms with Gasteiger partial charge in [-0.1, -0.05) is 0 Å². The number of carbonyl (C=O) groups excluding carboxylic acids is 2. The Bertz CT molecular complexity index is 1150. The highest BCUT2D eigenvalue weighted by Crippen LogP contribution is 2.21. The third kappa shape index (κ3) is 8.36. The summed E-state index contributed by atoms with van der Waals surface area (Å²) in [6, 6.07) is 9.47. The fraction of sp³-hybridized carbons (Fsp3) is 0.444. The summed E-state index contributed by atoms with van der Waals surface area (Å²) in [6.07, 6.45) is 1.31. The molecule has 10 nitrogen and oxygen atoms in total. The van der Waals surface area contributed by atoms with E-state index in [1.54, 1.807) is 38.5 Å². The van der Waals surface area contributed by atoms with Gasteiger partial charge >= 0.3 is 0 Å². The summed E-state index contributed by atoms with van der Waals surface area (Å²) in [5, 5.41) is 6.19. The minimum Gasteiger partial charge on any atom is -0.456 e. The molecule has 3 rings (SSSR count). The Hall–Kier alpha value is -3.31. The molecule has 0 spiro atoms. The first-order chi connectivity index (χ1) is 18.0. The van der Waals surface area contributed by atoms with Crippen LogP contribution in [-0.2, 0) is 18.9 Å². The summed E-state index contributed by atoms with van der Waals surface area (Å²) < 4.78 is 26.5. The van der Waals surface area contributed by atoms with Crippen molar-refractivity contribution >= 4 is 33.8 Å². The molecule has 0 atom stereocenters. The van der Waals surface area contributed by atoms with E-state index in [1.165, 1.54) is 12.1 Å². The van der Waals surface area contributed by atoms with Gasteiger partial charge in [-0.3, -0.25) is 14.4 Å². The molecule has 1 aromatic heterocycles. The maximum Gasteiger partial charge on any atom is 0.251 e. The van der Waals surface area contributed by atoms with Gasteiger partial charge in [0.25, 0.3) is 11.8 Å². The number of methoxy groups -OCH3 is 2. The number of carbonyl (C=O) groups is 2. The Morgan fingerprint density at radius 2 is 1.16 bits per heavy atom. The number of rotatable bonds is 16. The smallest absolute Gasteiger partial charge is 0.251 e. The first kappa shape index (κ1) is 28.3. The maximum atomic E-state index is 13.2. The van der Waals surface area contributed by atoms with Gasteiger partial charge in [-0.15, -0.1) is 0 Å². The number of hydrogen-bond acceptors (Lipinski definition) is 8. The van der Waals surface area contributed by atoms with Crippen molar-refractivity contribution in [1.29, 1.82) is 0 Å². The van der Waals surface area contributed by atoms with Gasteiger partial charge < -0.3 is 34.0 Å². The molecule has 0 saturated carbocycles. The molecule has 1 heterocycles. The fourth-order valence-electron chi connectivity index (χ4n) is 3.58. The van der Waals surface area contributed by atoms with Crippen LogP contribution in [0.25, 0.3) is 21.9 Å². The molecule has 37 heavy (non-hydrogen) atoms. The molecule has 3 aromatic rings. The Balaban J connectivity index is 1.64. The maximum absolute atomic E-state index is 13.2. The van der Waals surface area contributed by atoms with E-state index in [0.717, 1.165) is 0 Å². The SMILES string of the molecule is COCCOCCCNC(=O)c1ccc2oc3ccc(C(=O)NCCCOCCOC)cc3c(=O)c2c1. The van der Waals surface area contributed by atoms with E-state index in [2.05, 4.69) is 10.6 Å². The number of fused-ring (bicyclic) bond motifs is 2. The molecule has 0 aliphatic carbocycles. The molecule has 0 saturated heterocycles. The Morgan fingerprint density at radius 1 is 0.703 bits per heavy atom. The van der Waals surface area contributed by atoms with Crippen LogP contribution in [-0.4, -0.2) is 78.8 Å². The molecule has 0 aliphatic heterocycles. The van der Waals surface area contributed by atoms with Crippen molar-refractivity contribution in [2.24, 2.45) is 0 Å². The van der Waals surface area contributed by atoms with Gasteiger partial charge in [-0.05, 0) is 49.2 Å². The quantitative estimate of drug-likeness (QED) is 0.221. The van der Waals surface area contributed by atoms with E-state index in [0.29, 0.717) is 87.9 Å². The molecule has 0 unspecified atom stereocenters. The highest BCUT2D eigenvalue weighted by molar-refractivity contribution is 6.01. The highest BCUT2D eigenvalue weighted by atomic mass is 16.5. The summed E-state index contributed by atoms with van der Waals surface area (Å²) >= 11 is 0. The first-order valence-corrected chi connectivity index (χ1v) is 12.3. The van der Waals surface area contributed by atoms with Crippen LogP contribution in [0.3, 0.4) is 0 Å². The Morgan fingerprint density at radius 3 is 1.59 bits per heavy atom. The molecular weight excluding hydrogens is 480 g/mol. The van der Waals surface area contributed by atoms with Gasteiger partial charge in [-0.2, -0.15) is 0 Å². The van der Waals surface area contributed by atoms with Gasteiger partial charge in [0.2, 0.25) is 5.43 Å². The zero-order chi connectivity index (χ0) is 26.5. The zero-order valence-electron chi connectivity index (χ0n) is 21.3. The minimum atomic E-state index is -0.307. The average Bonchev–Trinajstić information content (AvgIpc) is 2.91. The van der Waals surface area contributed by atoms with Crippen LogP contribution in [0.15, 0.2) is 45.6 Å². The first-order valence-electron chi connectivity index (χ1n) is 12.3. The van der Waals surface area contributed by atoms with Crippen LogP contribution in [0.1, 0.15) is 33.6 Å². The monoisotopic (exact) mass is 514 g/mol. The largest absolute Gasteiger partial charge is 0.456 e. The van der Waals surface area contributed by atoms with Crippen molar-refractivity contribution in [3.63, 3.8) is 0 Å². The summed E-state index contributed by atoms with van der Waals surface area (Å²) in [6.45, 7) is 3.96. The highest BCUT2D eigenvalue weighted by Gasteiger charge is 2.14. The van der Waals surface area contributed by atoms with E-state index in [4.69, 9.17) is 23.4 Å². The second kappa shape index (κ2) is 15.1. The molecule has 200 valence electrons. The van der Waals surface area contributed by atoms with Crippen molar-refractivity contribution in [2.75, 3.05) is 67.0 Å². The van der Waals surface area contributed by atoms with Crippen LogP contribution in [0.2, 0.25) is 0 Å². The van der Waals surface area contributed by atoms with Crippen molar-refractivity contribution in [3.05, 3.63) is 57.7 Å². The molecule has 0 aliphatic rings. The predicted molar refractivity (Wildman–Crippen MR) is 139 cm³/mol. The summed E-state index contributed by atoms with van der Waals surface area (Å²) in [5.74, 6) is -0.588. The minimum absolute atomic E-state index is 0.272. The van der Waals surface area contributed by atoms with Crippen molar-refractivity contribution in [1.82, 2.24) is 10.6 Å². The third-order valence-electron chi connectivity index (χ3n) is 5.56. The molecule has 0 radical (unpaired) electrons. The lowest BCUT2D eigenvalue weighted by molar-refractivity contribution is 0.0687. The molecule has 2 amide bonds. The Labute approximate surface area is 215 Å². The van der Waals surface area contributed by atoms with E-state index in [-0.39, 0.29) is 28.0 Å². The van der Waals surface area contributed by atoms with Gasteiger partial charge in [0.15, 0.2) is 0 Å². The van der Waals surface area contributed by atoms with E-state index >= 15 is 0 Å². The van der Waals surface area contributed by atoms with Gasteiger partial charge in [0, 0.05) is 51.6 Å². The zero-order valence-corrected chi connectivity index (χ0v) is 21.3. The molecular formula is C27H34N2O8. The van der Waals surface area contributed by atoms with E-state index in [9.17, 15) is 14.4 Å². The van der Waals surface area contributed by atoms with Crippen LogP contribution in [0, 0.1) is 0 Å². The lowest BCUT2D eigenvalue weighted by atomic mass is 10.1. The average molecular weight is 515 g/mol. The number of benzene rings is 2. The van der Waals surface area contributed by atoms with Crippen LogP contribution in [0.4, 0.5) is 0 Å². The van der Waals surface area contributed by atoms with Crippen LogP contribution in [0.5, 0.6) is 0 Å². The third-order valence-corrected chi connectivity index (χ3v) is 5.56. The van der Waals surface area contributed by atoms with Crippen LogP contribution < -0.4 is 16.1 Å². The molecule has 10 heteroatoms. The van der Waals surface area contributed by atoms with Crippen molar-refractivity contribution in [3.8, 4) is 0 Å². The number of nitrogens with one attached hydrogen (secondary N) is 2. The van der Waals surface area contributed by atoms with E-state index in [1.807, 2.05) is 0 Å². The second-order valence-corrected chi connectivity index (χ2v) is 8.28. The van der Waals surface area contributed by atoms with Crippen molar-refractivity contribution in [2.45, 2.75) is 12.8 Å². The normalized spacial score (nSPS) is 11.2. The lowest BCUT2D eigenvalue weighted by Crippen LogP contribution is -2.25. The summed E-state index contributed by atoms with van der Waals surface area (Å²) in [7, 11) is 3.22. The van der Waals surface area contributed by atoms with Crippen LogP contribution >= 0.6 is 0 Å². The topological polar surface area (TPSA) is 125 Å². The molecule has 2 N–H and O–H groups in total. The van der Waals surface area contributed by atoms with Gasteiger partial charge in [0.05, 0.1) is 37.2 Å². The molecule has 2 aromatic carbocycles. The number of hydrogen-bond donors (Lipinski definition) is 2. The second-order valence-electron chi connectivity index (χ2n) is 8.28. The molecule has 0 fully saturated rings. The standard InChI is InChI=1S/C27H34N2O8/c1-33-13-15-35-11-3-9-28-26(31)19-5-7-23-21(17-19)25(30)22-18-20(6-8-24(22)37-23)27(32)29-10-4-12-36-16-14-34-2/h5-8,17-18H,3-4,9-16H2,1-2H3,(H,28,31)(H,29,32). The summed E-state index contributed by atoms with van der Waals surface area (Å²) in [4.78, 5) is 38.4. The molecule has 0 bridgehead atoms. The number of ether oxygens (including phenoxy) is 4. The van der Waals surface area contributed by atoms with Gasteiger partial charge in [0.1, 0.15) is 11.2 Å². The lowest BCUT2D eigenvalue weighted by Gasteiger charge is -2.08. The summed E-state index contributed by atoms with van der Waals surface area (Å²) in [5.41, 5.74) is 1.12. The van der Waals surface area contributed by atoms with Gasteiger partial charge in [-0.25, -0.2) is 0 Å². The van der Waals surface area contributed by atoms with E-state index < -0.39 is 0 Å². The predicted octanol–water partition coefficient (Wildman–Crippen LogP) is 2.51. The fourth-order valence-corrected chi connectivity index (χ4v) is 3.58. The Kier molecular flexibility index (Phi) is 11.5.